The van der Waals surface area contributed by atoms with Crippen molar-refractivity contribution in [3.8, 4) is 0 Å². The summed E-state index contributed by atoms with van der Waals surface area (Å²) in [6.45, 7) is 7.54. The Morgan fingerprint density at radius 3 is 2.74 bits per heavy atom. The van der Waals surface area contributed by atoms with Crippen LogP contribution in [0, 0.1) is 5.41 Å². The molecule has 0 amide bonds. The third-order valence-electron chi connectivity index (χ3n) is 3.97. The first-order valence-electron chi connectivity index (χ1n) is 6.87. The molecule has 1 aliphatic carbocycles. The zero-order valence-electron chi connectivity index (χ0n) is 11.8. The van der Waals surface area contributed by atoms with Crippen LogP contribution in [0.3, 0.4) is 0 Å². The van der Waals surface area contributed by atoms with Gasteiger partial charge in [0.2, 0.25) is 0 Å². The molecule has 0 atom stereocenters. The Labute approximate surface area is 118 Å². The van der Waals surface area contributed by atoms with Gasteiger partial charge in [-0.3, -0.25) is 4.79 Å². The third-order valence-corrected chi connectivity index (χ3v) is 4.94. The van der Waals surface area contributed by atoms with Crippen molar-refractivity contribution in [3.05, 3.63) is 11.9 Å². The van der Waals surface area contributed by atoms with E-state index in [1.54, 1.807) is 0 Å². The monoisotopic (exact) mass is 282 g/mol. The van der Waals surface area contributed by atoms with Crippen LogP contribution in [0.5, 0.6) is 0 Å². The molecule has 0 aromatic carbocycles. The number of carboxylic acids is 1. The van der Waals surface area contributed by atoms with Gasteiger partial charge in [0.05, 0.1) is 5.75 Å². The fourth-order valence-electron chi connectivity index (χ4n) is 2.37. The summed E-state index contributed by atoms with van der Waals surface area (Å²) in [4.78, 5) is 15.1. The van der Waals surface area contributed by atoms with Gasteiger partial charge in [-0.2, -0.15) is 0 Å². The van der Waals surface area contributed by atoms with E-state index >= 15 is 0 Å². The largest absolute Gasteiger partial charge is 0.481 e. The topological polar surface area (TPSA) is 55.1 Å². The van der Waals surface area contributed by atoms with Crippen LogP contribution < -0.4 is 0 Å². The molecule has 0 radical (unpaired) electrons. The Bertz CT molecular complexity index is 464. The van der Waals surface area contributed by atoms with Gasteiger partial charge in [-0.25, -0.2) is 4.98 Å². The third kappa shape index (κ3) is 3.32. The maximum absolute atomic E-state index is 10.7. The van der Waals surface area contributed by atoms with Crippen molar-refractivity contribution in [3.63, 3.8) is 0 Å². The van der Waals surface area contributed by atoms with E-state index in [4.69, 9.17) is 5.11 Å². The van der Waals surface area contributed by atoms with Gasteiger partial charge in [0, 0.05) is 18.4 Å². The molecule has 1 aromatic rings. The molecule has 4 nitrogen and oxygen atoms in total. The summed E-state index contributed by atoms with van der Waals surface area (Å²) in [5, 5.41) is 9.67. The lowest BCUT2D eigenvalue weighted by molar-refractivity contribution is -0.133. The number of imidazole rings is 1. The summed E-state index contributed by atoms with van der Waals surface area (Å²) in [5.74, 6) is -0.296. The highest BCUT2D eigenvalue weighted by Gasteiger charge is 2.41. The molecule has 1 aliphatic rings. The summed E-state index contributed by atoms with van der Waals surface area (Å²) >= 11 is 1.32. The zero-order valence-corrected chi connectivity index (χ0v) is 12.7. The Balaban J connectivity index is 2.20. The van der Waals surface area contributed by atoms with Gasteiger partial charge in [0.1, 0.15) is 0 Å². The van der Waals surface area contributed by atoms with Crippen LogP contribution in [0.2, 0.25) is 0 Å². The Kier molecular flexibility index (Phi) is 4.23. The summed E-state index contributed by atoms with van der Waals surface area (Å²) in [6.07, 6.45) is 5.65. The normalized spacial score (nSPS) is 16.8. The molecule has 0 bridgehead atoms. The summed E-state index contributed by atoms with van der Waals surface area (Å²) in [7, 11) is 0. The average Bonchev–Trinajstić information content (AvgIpc) is 3.00. The van der Waals surface area contributed by atoms with E-state index < -0.39 is 5.97 Å². The number of rotatable bonds is 7. The molecule has 0 saturated heterocycles. The first kappa shape index (κ1) is 14.4. The van der Waals surface area contributed by atoms with Crippen LogP contribution in [0.4, 0.5) is 0 Å². The molecule has 106 valence electrons. The molecule has 5 heteroatoms. The Hall–Kier alpha value is -0.970. The fraction of sp³-hybridized carbons (Fsp3) is 0.714. The lowest BCUT2D eigenvalue weighted by atomic mass is 10.0. The Morgan fingerprint density at radius 1 is 1.58 bits per heavy atom. The molecular weight excluding hydrogens is 260 g/mol. The van der Waals surface area contributed by atoms with Crippen LogP contribution in [0.25, 0.3) is 0 Å². The number of nitrogens with zero attached hydrogens (tertiary/aromatic N) is 2. The van der Waals surface area contributed by atoms with Gasteiger partial charge in [0.25, 0.3) is 0 Å². The number of aliphatic carboxylic acids is 1. The molecule has 0 unspecified atom stereocenters. The van der Waals surface area contributed by atoms with Gasteiger partial charge >= 0.3 is 5.97 Å². The number of carbonyl (C=O) groups is 1. The molecule has 1 fully saturated rings. The summed E-state index contributed by atoms with van der Waals surface area (Å²) in [6, 6.07) is 0. The molecule has 1 heterocycles. The zero-order chi connectivity index (χ0) is 14.0. The number of carboxylic acid groups (broad SMARTS) is 1. The van der Waals surface area contributed by atoms with Crippen molar-refractivity contribution in [2.75, 3.05) is 5.75 Å². The Morgan fingerprint density at radius 2 is 2.26 bits per heavy atom. The highest BCUT2D eigenvalue weighted by Crippen LogP contribution is 2.50. The number of aromatic nitrogens is 2. The standard InChI is InChI=1S/C14H22N2O2S/c1-4-14(5-6-14)9-16-11(10(2)3)7-15-13(16)19-8-12(17)18/h7,10H,4-6,8-9H2,1-3H3,(H,17,18). The number of thioether (sulfide) groups is 1. The van der Waals surface area contributed by atoms with Crippen molar-refractivity contribution >= 4 is 17.7 Å². The van der Waals surface area contributed by atoms with Crippen molar-refractivity contribution in [2.45, 2.75) is 57.7 Å². The van der Waals surface area contributed by atoms with E-state index in [2.05, 4.69) is 30.3 Å². The van der Waals surface area contributed by atoms with E-state index in [1.807, 2.05) is 6.20 Å². The summed E-state index contributed by atoms with van der Waals surface area (Å²) < 4.78 is 2.24. The minimum atomic E-state index is -0.790. The number of hydrogen-bond acceptors (Lipinski definition) is 3. The highest BCUT2D eigenvalue weighted by atomic mass is 32.2. The average molecular weight is 282 g/mol. The van der Waals surface area contributed by atoms with Gasteiger partial charge in [-0.05, 0) is 30.6 Å². The maximum atomic E-state index is 10.7. The first-order valence-corrected chi connectivity index (χ1v) is 7.86. The fourth-order valence-corrected chi connectivity index (χ4v) is 3.07. The van der Waals surface area contributed by atoms with Crippen LogP contribution >= 0.6 is 11.8 Å². The molecule has 1 saturated carbocycles. The van der Waals surface area contributed by atoms with Crippen molar-refractivity contribution in [1.82, 2.24) is 9.55 Å². The van der Waals surface area contributed by atoms with Crippen LogP contribution in [0.15, 0.2) is 11.4 Å². The van der Waals surface area contributed by atoms with Gasteiger partial charge in [-0.1, -0.05) is 32.5 Å². The first-order chi connectivity index (χ1) is 8.97. The number of hydrogen-bond donors (Lipinski definition) is 1. The molecular formula is C14H22N2O2S. The molecule has 0 spiro atoms. The van der Waals surface area contributed by atoms with E-state index in [9.17, 15) is 4.79 Å². The minimum Gasteiger partial charge on any atom is -0.481 e. The SMILES string of the molecule is CCC1(Cn2c(C(C)C)cnc2SCC(=O)O)CC1. The minimum absolute atomic E-state index is 0.0771. The van der Waals surface area contributed by atoms with Crippen molar-refractivity contribution in [1.29, 1.82) is 0 Å². The second kappa shape index (κ2) is 5.57. The van der Waals surface area contributed by atoms with E-state index in [0.29, 0.717) is 11.3 Å². The summed E-state index contributed by atoms with van der Waals surface area (Å²) in [5.41, 5.74) is 1.65. The van der Waals surface area contributed by atoms with E-state index in [1.165, 1.54) is 36.7 Å². The molecule has 1 N–H and O–H groups in total. The quantitative estimate of drug-likeness (QED) is 0.779. The van der Waals surface area contributed by atoms with E-state index in [-0.39, 0.29) is 5.75 Å². The highest BCUT2D eigenvalue weighted by molar-refractivity contribution is 7.99. The smallest absolute Gasteiger partial charge is 0.313 e. The van der Waals surface area contributed by atoms with Crippen LogP contribution in [-0.4, -0.2) is 26.4 Å². The second-order valence-corrected chi connectivity index (χ2v) is 6.68. The molecule has 2 rings (SSSR count). The van der Waals surface area contributed by atoms with Crippen molar-refractivity contribution < 1.29 is 9.90 Å². The van der Waals surface area contributed by atoms with Crippen LogP contribution in [0.1, 0.15) is 51.6 Å². The van der Waals surface area contributed by atoms with Gasteiger partial charge in [0.15, 0.2) is 5.16 Å². The predicted octanol–water partition coefficient (Wildman–Crippen LogP) is 3.37. The van der Waals surface area contributed by atoms with Gasteiger partial charge < -0.3 is 9.67 Å². The van der Waals surface area contributed by atoms with Crippen molar-refractivity contribution in [2.24, 2.45) is 5.41 Å². The van der Waals surface area contributed by atoms with Gasteiger partial charge in [-0.15, -0.1) is 0 Å². The lowest BCUT2D eigenvalue weighted by Crippen LogP contribution is -2.15. The molecule has 1 aromatic heterocycles. The predicted molar refractivity (Wildman–Crippen MR) is 76.6 cm³/mol. The molecule has 19 heavy (non-hydrogen) atoms. The lowest BCUT2D eigenvalue weighted by Gasteiger charge is -2.19. The maximum Gasteiger partial charge on any atom is 0.313 e. The molecule has 0 aliphatic heterocycles. The van der Waals surface area contributed by atoms with Crippen LogP contribution in [-0.2, 0) is 11.3 Å². The second-order valence-electron chi connectivity index (χ2n) is 5.74. The van der Waals surface area contributed by atoms with E-state index in [0.717, 1.165) is 11.7 Å².